The number of nitrogens with two attached hydrogens (primary N) is 1. The molecule has 1 unspecified atom stereocenters. The van der Waals surface area contributed by atoms with Crippen molar-refractivity contribution in [2.45, 2.75) is 25.3 Å². The fraction of sp³-hybridized carbons (Fsp3) is 0.538. The Hall–Kier alpha value is -1.67. The number of amides is 1. The van der Waals surface area contributed by atoms with Gasteiger partial charge in [0.15, 0.2) is 0 Å². The quantitative estimate of drug-likeness (QED) is 0.797. The van der Waals surface area contributed by atoms with E-state index in [9.17, 15) is 13.2 Å². The zero-order valence-corrected chi connectivity index (χ0v) is 12.8. The van der Waals surface area contributed by atoms with Crippen molar-refractivity contribution in [3.63, 3.8) is 0 Å². The highest BCUT2D eigenvalue weighted by molar-refractivity contribution is 7.88. The number of pyridine rings is 1. The normalized spacial score (nSPS) is 19.5. The number of carbonyl (C=O) groups is 1. The lowest BCUT2D eigenvalue weighted by Gasteiger charge is -2.32. The molecule has 1 amide bonds. The van der Waals surface area contributed by atoms with E-state index in [-0.39, 0.29) is 18.4 Å². The number of anilines is 1. The summed E-state index contributed by atoms with van der Waals surface area (Å²) in [4.78, 5) is 18.0. The third-order valence-electron chi connectivity index (χ3n) is 3.33. The summed E-state index contributed by atoms with van der Waals surface area (Å²) < 4.78 is 25.1. The Labute approximate surface area is 124 Å². The SMILES string of the molecule is CS(=O)(=O)NC1CCCN(C(=O)Cc2ccc(N)cn2)C1. The van der Waals surface area contributed by atoms with E-state index in [1.807, 2.05) is 0 Å². The second-order valence-corrected chi connectivity index (χ2v) is 7.11. The summed E-state index contributed by atoms with van der Waals surface area (Å²) in [6.07, 6.45) is 4.38. The second-order valence-electron chi connectivity index (χ2n) is 5.33. The lowest BCUT2D eigenvalue weighted by molar-refractivity contribution is -0.131. The molecule has 2 rings (SSSR count). The first kappa shape index (κ1) is 15.7. The molecule has 1 saturated heterocycles. The molecule has 8 heteroatoms. The number of aromatic nitrogens is 1. The first-order valence-electron chi connectivity index (χ1n) is 6.79. The largest absolute Gasteiger partial charge is 0.397 e. The molecule has 1 fully saturated rings. The number of nitrogens with zero attached hydrogens (tertiary/aromatic N) is 2. The van der Waals surface area contributed by atoms with Gasteiger partial charge in [-0.15, -0.1) is 0 Å². The van der Waals surface area contributed by atoms with E-state index >= 15 is 0 Å². The first-order valence-corrected chi connectivity index (χ1v) is 8.68. The number of hydrogen-bond donors (Lipinski definition) is 2. The van der Waals surface area contributed by atoms with Crippen molar-refractivity contribution in [2.24, 2.45) is 0 Å². The van der Waals surface area contributed by atoms with Gasteiger partial charge in [-0.1, -0.05) is 0 Å². The van der Waals surface area contributed by atoms with Crippen molar-refractivity contribution in [2.75, 3.05) is 25.1 Å². The summed E-state index contributed by atoms with van der Waals surface area (Å²) in [6, 6.07) is 3.22. The van der Waals surface area contributed by atoms with Crippen LogP contribution in [0.4, 0.5) is 5.69 Å². The third-order valence-corrected chi connectivity index (χ3v) is 4.10. The molecule has 1 atom stereocenters. The van der Waals surface area contributed by atoms with Crippen molar-refractivity contribution < 1.29 is 13.2 Å². The Morgan fingerprint density at radius 3 is 2.90 bits per heavy atom. The Morgan fingerprint density at radius 2 is 2.29 bits per heavy atom. The van der Waals surface area contributed by atoms with Crippen LogP contribution in [0.15, 0.2) is 18.3 Å². The molecule has 7 nitrogen and oxygen atoms in total. The van der Waals surface area contributed by atoms with Crippen LogP contribution < -0.4 is 10.5 Å². The molecule has 0 saturated carbocycles. The predicted molar refractivity (Wildman–Crippen MR) is 79.9 cm³/mol. The van der Waals surface area contributed by atoms with E-state index in [0.717, 1.165) is 19.1 Å². The van der Waals surface area contributed by atoms with Crippen LogP contribution in [0, 0.1) is 0 Å². The molecule has 1 aliphatic rings. The molecular formula is C13H20N4O3S. The lowest BCUT2D eigenvalue weighted by atomic mass is 10.1. The van der Waals surface area contributed by atoms with Gasteiger partial charge < -0.3 is 10.6 Å². The van der Waals surface area contributed by atoms with Crippen LogP contribution in [0.1, 0.15) is 18.5 Å². The summed E-state index contributed by atoms with van der Waals surface area (Å²) in [5.41, 5.74) is 6.77. The number of nitrogens with one attached hydrogen (secondary N) is 1. The fourth-order valence-corrected chi connectivity index (χ4v) is 3.21. The molecule has 3 N–H and O–H groups in total. The summed E-state index contributed by atoms with van der Waals surface area (Å²) in [5.74, 6) is -0.0488. The smallest absolute Gasteiger partial charge is 0.228 e. The molecule has 1 aromatic rings. The molecule has 0 bridgehead atoms. The number of likely N-dealkylation sites (tertiary alicyclic amines) is 1. The van der Waals surface area contributed by atoms with Crippen LogP contribution in [-0.4, -0.2) is 49.6 Å². The monoisotopic (exact) mass is 312 g/mol. The van der Waals surface area contributed by atoms with E-state index in [1.165, 1.54) is 6.20 Å². The zero-order valence-electron chi connectivity index (χ0n) is 11.9. The van der Waals surface area contributed by atoms with Gasteiger partial charge in [0.2, 0.25) is 15.9 Å². The molecule has 2 heterocycles. The molecule has 0 spiro atoms. The molecule has 0 radical (unpaired) electrons. The van der Waals surface area contributed by atoms with Gasteiger partial charge in [0.1, 0.15) is 0 Å². The topological polar surface area (TPSA) is 105 Å². The molecule has 0 aliphatic carbocycles. The van der Waals surface area contributed by atoms with Crippen molar-refractivity contribution in [3.05, 3.63) is 24.0 Å². The highest BCUT2D eigenvalue weighted by Crippen LogP contribution is 2.13. The van der Waals surface area contributed by atoms with E-state index < -0.39 is 10.0 Å². The van der Waals surface area contributed by atoms with Crippen molar-refractivity contribution in [1.29, 1.82) is 0 Å². The Morgan fingerprint density at radius 1 is 1.52 bits per heavy atom. The van der Waals surface area contributed by atoms with Gasteiger partial charge in [-0.2, -0.15) is 0 Å². The maximum Gasteiger partial charge on any atom is 0.228 e. The van der Waals surface area contributed by atoms with E-state index in [2.05, 4.69) is 9.71 Å². The number of piperidine rings is 1. The average Bonchev–Trinajstić information content (AvgIpc) is 2.40. The van der Waals surface area contributed by atoms with Crippen LogP contribution in [0.25, 0.3) is 0 Å². The maximum absolute atomic E-state index is 12.2. The Balaban J connectivity index is 1.94. The van der Waals surface area contributed by atoms with Gasteiger partial charge in [-0.25, -0.2) is 13.1 Å². The highest BCUT2D eigenvalue weighted by Gasteiger charge is 2.25. The Kier molecular flexibility index (Phi) is 4.79. The number of nitrogen functional groups attached to an aromatic ring is 1. The minimum atomic E-state index is -3.25. The van der Waals surface area contributed by atoms with Crippen LogP contribution >= 0.6 is 0 Å². The van der Waals surface area contributed by atoms with Crippen molar-refractivity contribution in [3.8, 4) is 0 Å². The highest BCUT2D eigenvalue weighted by atomic mass is 32.2. The van der Waals surface area contributed by atoms with Crippen molar-refractivity contribution >= 4 is 21.6 Å². The van der Waals surface area contributed by atoms with Gasteiger partial charge in [0.25, 0.3) is 0 Å². The lowest BCUT2D eigenvalue weighted by Crippen LogP contribution is -2.49. The minimum Gasteiger partial charge on any atom is -0.397 e. The first-order chi connectivity index (χ1) is 9.83. The van der Waals surface area contributed by atoms with Gasteiger partial charge in [0.05, 0.1) is 24.6 Å². The van der Waals surface area contributed by atoms with Crippen LogP contribution in [0.3, 0.4) is 0 Å². The Bertz CT molecular complexity index is 600. The van der Waals surface area contributed by atoms with Crippen LogP contribution in [0.2, 0.25) is 0 Å². The molecular weight excluding hydrogens is 292 g/mol. The van der Waals surface area contributed by atoms with Gasteiger partial charge in [-0.05, 0) is 25.0 Å². The molecule has 21 heavy (non-hydrogen) atoms. The zero-order chi connectivity index (χ0) is 15.5. The molecule has 1 aliphatic heterocycles. The number of hydrogen-bond acceptors (Lipinski definition) is 5. The van der Waals surface area contributed by atoms with Crippen LogP contribution in [-0.2, 0) is 21.2 Å². The van der Waals surface area contributed by atoms with Gasteiger partial charge in [0, 0.05) is 24.8 Å². The summed E-state index contributed by atoms with van der Waals surface area (Å²) in [6.45, 7) is 1.05. The van der Waals surface area contributed by atoms with Crippen LogP contribution in [0.5, 0.6) is 0 Å². The standard InChI is InChI=1S/C13H20N4O3S/c1-21(19,20)16-12-3-2-6-17(9-12)13(18)7-11-5-4-10(14)8-15-11/h4-5,8,12,16H,2-3,6-7,9,14H2,1H3. The van der Waals surface area contributed by atoms with Gasteiger partial charge in [-0.3, -0.25) is 9.78 Å². The maximum atomic E-state index is 12.2. The van der Waals surface area contributed by atoms with E-state index in [1.54, 1.807) is 17.0 Å². The molecule has 116 valence electrons. The fourth-order valence-electron chi connectivity index (χ4n) is 2.41. The number of carbonyl (C=O) groups excluding carboxylic acids is 1. The summed E-state index contributed by atoms with van der Waals surface area (Å²) in [5, 5.41) is 0. The summed E-state index contributed by atoms with van der Waals surface area (Å²) >= 11 is 0. The van der Waals surface area contributed by atoms with E-state index in [0.29, 0.717) is 24.5 Å². The number of sulfonamides is 1. The third kappa shape index (κ3) is 4.98. The second kappa shape index (κ2) is 6.40. The van der Waals surface area contributed by atoms with Gasteiger partial charge >= 0.3 is 0 Å². The predicted octanol–water partition coefficient (Wildman–Crippen LogP) is -0.253. The molecule has 1 aromatic heterocycles. The molecule has 0 aromatic carbocycles. The number of rotatable bonds is 4. The summed E-state index contributed by atoms with van der Waals surface area (Å²) in [7, 11) is -3.25. The van der Waals surface area contributed by atoms with E-state index in [4.69, 9.17) is 5.73 Å². The average molecular weight is 312 g/mol. The minimum absolute atomic E-state index is 0.0488. The van der Waals surface area contributed by atoms with Crippen molar-refractivity contribution in [1.82, 2.24) is 14.6 Å².